The number of benzene rings is 3. The first kappa shape index (κ1) is 20.1. The Morgan fingerprint density at radius 3 is 2.16 bits per heavy atom. The smallest absolute Gasteiger partial charge is 0.252 e. The number of hydrogen-bond acceptors (Lipinski definition) is 4. The number of pyridine rings is 1. The average molecular weight is 411 g/mol. The first-order valence-corrected chi connectivity index (χ1v) is 9.92. The molecular weight excluding hydrogens is 390 g/mol. The second-order valence-corrected chi connectivity index (χ2v) is 7.00. The van der Waals surface area contributed by atoms with Gasteiger partial charge >= 0.3 is 0 Å². The Hall–Kier alpha value is -4.19. The Morgan fingerprint density at radius 2 is 1.42 bits per heavy atom. The minimum Gasteiger partial charge on any atom is -0.508 e. The number of carbonyl (C=O) groups is 2. The normalized spacial score (nSPS) is 10.6. The Labute approximate surface area is 179 Å². The van der Waals surface area contributed by atoms with Gasteiger partial charge in [0, 0.05) is 29.6 Å². The molecule has 0 spiro atoms. The minimum absolute atomic E-state index is 0.100. The van der Waals surface area contributed by atoms with Gasteiger partial charge in [-0.2, -0.15) is 0 Å². The number of phenolic OH excluding ortho intramolecular Hbond substituents is 1. The van der Waals surface area contributed by atoms with Crippen LogP contribution in [0.5, 0.6) is 5.75 Å². The molecule has 0 saturated heterocycles. The summed E-state index contributed by atoms with van der Waals surface area (Å²) in [6, 6.07) is 25.0. The third-order valence-electron chi connectivity index (χ3n) is 4.86. The van der Waals surface area contributed by atoms with Crippen molar-refractivity contribution in [2.45, 2.75) is 0 Å². The van der Waals surface area contributed by atoms with Crippen molar-refractivity contribution in [3.63, 3.8) is 0 Å². The van der Waals surface area contributed by atoms with Gasteiger partial charge in [0.15, 0.2) is 0 Å². The molecule has 1 heterocycles. The van der Waals surface area contributed by atoms with Gasteiger partial charge < -0.3 is 15.7 Å². The van der Waals surface area contributed by atoms with Crippen LogP contribution in [0.4, 0.5) is 0 Å². The van der Waals surface area contributed by atoms with Gasteiger partial charge in [-0.3, -0.25) is 9.59 Å². The van der Waals surface area contributed by atoms with Gasteiger partial charge in [-0.1, -0.05) is 48.5 Å². The quantitative estimate of drug-likeness (QED) is 0.421. The molecule has 6 heteroatoms. The lowest BCUT2D eigenvalue weighted by molar-refractivity contribution is 0.0928. The summed E-state index contributed by atoms with van der Waals surface area (Å²) in [4.78, 5) is 29.7. The fourth-order valence-corrected chi connectivity index (χ4v) is 3.28. The molecule has 4 rings (SSSR count). The Morgan fingerprint density at radius 1 is 0.774 bits per heavy atom. The molecule has 154 valence electrons. The summed E-state index contributed by atoms with van der Waals surface area (Å²) in [5, 5.41) is 15.7. The minimum atomic E-state index is -0.269. The van der Waals surface area contributed by atoms with Crippen molar-refractivity contribution < 1.29 is 14.7 Å². The molecule has 1 aromatic heterocycles. The molecule has 0 aliphatic heterocycles. The molecule has 0 bridgehead atoms. The summed E-state index contributed by atoms with van der Waals surface area (Å²) < 4.78 is 0. The predicted molar refractivity (Wildman–Crippen MR) is 120 cm³/mol. The van der Waals surface area contributed by atoms with E-state index < -0.39 is 0 Å². The Bertz CT molecular complexity index is 1220. The summed E-state index contributed by atoms with van der Waals surface area (Å²) in [6.07, 6.45) is 0. The third-order valence-corrected chi connectivity index (χ3v) is 4.86. The number of aromatic nitrogens is 1. The predicted octanol–water partition coefficient (Wildman–Crippen LogP) is 3.77. The van der Waals surface area contributed by atoms with E-state index in [2.05, 4.69) is 10.6 Å². The molecule has 0 aliphatic carbocycles. The molecule has 2 amide bonds. The van der Waals surface area contributed by atoms with Crippen molar-refractivity contribution in [3.05, 3.63) is 96.1 Å². The molecule has 0 saturated carbocycles. The maximum Gasteiger partial charge on any atom is 0.252 e. The Balaban J connectivity index is 1.46. The highest BCUT2D eigenvalue weighted by Gasteiger charge is 2.14. The van der Waals surface area contributed by atoms with Gasteiger partial charge in [-0.05, 0) is 36.4 Å². The van der Waals surface area contributed by atoms with Gasteiger partial charge in [0.2, 0.25) is 0 Å². The van der Waals surface area contributed by atoms with Gasteiger partial charge in [-0.25, -0.2) is 4.98 Å². The number of aromatic hydroxyl groups is 1. The molecule has 0 fully saturated rings. The van der Waals surface area contributed by atoms with Crippen molar-refractivity contribution in [2.75, 3.05) is 13.1 Å². The molecule has 0 radical (unpaired) electrons. The zero-order valence-electron chi connectivity index (χ0n) is 16.7. The van der Waals surface area contributed by atoms with E-state index in [-0.39, 0.29) is 30.7 Å². The van der Waals surface area contributed by atoms with E-state index in [4.69, 9.17) is 4.98 Å². The average Bonchev–Trinajstić information content (AvgIpc) is 2.82. The summed E-state index contributed by atoms with van der Waals surface area (Å²) >= 11 is 0. The van der Waals surface area contributed by atoms with Crippen LogP contribution in [-0.4, -0.2) is 35.0 Å². The van der Waals surface area contributed by atoms with Crippen LogP contribution in [0, 0.1) is 0 Å². The van der Waals surface area contributed by atoms with Crippen molar-refractivity contribution in [1.29, 1.82) is 0 Å². The van der Waals surface area contributed by atoms with E-state index >= 15 is 0 Å². The van der Waals surface area contributed by atoms with Crippen molar-refractivity contribution >= 4 is 22.7 Å². The summed E-state index contributed by atoms with van der Waals surface area (Å²) in [7, 11) is 0. The number of nitrogens with zero attached hydrogens (tertiary/aromatic N) is 1. The van der Waals surface area contributed by atoms with E-state index in [1.54, 1.807) is 6.07 Å². The van der Waals surface area contributed by atoms with Crippen LogP contribution < -0.4 is 10.6 Å². The molecule has 0 unspecified atom stereocenters. The molecular formula is C25H21N3O3. The van der Waals surface area contributed by atoms with Crippen molar-refractivity contribution in [3.8, 4) is 17.0 Å². The lowest BCUT2D eigenvalue weighted by Gasteiger charge is -2.11. The zero-order valence-corrected chi connectivity index (χ0v) is 16.7. The standard InChI is InChI=1S/C25H21N3O3/c29-19-12-10-18(11-13-19)24(30)26-14-15-27-25(31)21-16-23(17-6-2-1-3-7-17)28-22-9-5-4-8-20(21)22/h1-13,16,29H,14-15H2,(H,26,30)(H,27,31). The fourth-order valence-electron chi connectivity index (χ4n) is 3.28. The maximum absolute atomic E-state index is 12.9. The zero-order chi connectivity index (χ0) is 21.6. The molecule has 31 heavy (non-hydrogen) atoms. The van der Waals surface area contributed by atoms with Crippen molar-refractivity contribution in [2.24, 2.45) is 0 Å². The van der Waals surface area contributed by atoms with Crippen LogP contribution in [0.2, 0.25) is 0 Å². The van der Waals surface area contributed by atoms with Crippen LogP contribution in [0.1, 0.15) is 20.7 Å². The summed E-state index contributed by atoms with van der Waals surface area (Å²) in [5.74, 6) is -0.395. The number of nitrogens with one attached hydrogen (secondary N) is 2. The number of carbonyl (C=O) groups excluding carboxylic acids is 2. The van der Waals surface area contributed by atoms with E-state index in [0.29, 0.717) is 11.1 Å². The van der Waals surface area contributed by atoms with Gasteiger partial charge in [0.05, 0.1) is 16.8 Å². The number of fused-ring (bicyclic) bond motifs is 1. The second-order valence-electron chi connectivity index (χ2n) is 7.00. The molecule has 3 N–H and O–H groups in total. The van der Waals surface area contributed by atoms with E-state index in [0.717, 1.165) is 22.2 Å². The number of amides is 2. The van der Waals surface area contributed by atoms with Crippen LogP contribution in [0.15, 0.2) is 84.9 Å². The lowest BCUT2D eigenvalue weighted by atomic mass is 10.0. The molecule has 0 atom stereocenters. The van der Waals surface area contributed by atoms with Gasteiger partial charge in [0.25, 0.3) is 11.8 Å². The van der Waals surface area contributed by atoms with Gasteiger partial charge in [-0.15, -0.1) is 0 Å². The van der Waals surface area contributed by atoms with Gasteiger partial charge in [0.1, 0.15) is 5.75 Å². The Kier molecular flexibility index (Phi) is 5.89. The summed E-state index contributed by atoms with van der Waals surface area (Å²) in [5.41, 5.74) is 3.38. The third kappa shape index (κ3) is 4.70. The number of hydrogen-bond donors (Lipinski definition) is 3. The molecule has 3 aromatic carbocycles. The SMILES string of the molecule is O=C(NCCNC(=O)c1cc(-c2ccccc2)nc2ccccc12)c1ccc(O)cc1. The van der Waals surface area contributed by atoms with Crippen LogP contribution in [0.3, 0.4) is 0 Å². The second kappa shape index (κ2) is 9.09. The molecule has 4 aromatic rings. The van der Waals surface area contributed by atoms with E-state index in [9.17, 15) is 14.7 Å². The topological polar surface area (TPSA) is 91.3 Å². The van der Waals surface area contributed by atoms with Crippen LogP contribution in [0.25, 0.3) is 22.2 Å². The first-order valence-electron chi connectivity index (χ1n) is 9.92. The van der Waals surface area contributed by atoms with Crippen LogP contribution >= 0.6 is 0 Å². The lowest BCUT2D eigenvalue weighted by Crippen LogP contribution is -2.34. The monoisotopic (exact) mass is 411 g/mol. The fraction of sp³-hybridized carbons (Fsp3) is 0.0800. The maximum atomic E-state index is 12.9. The molecule has 6 nitrogen and oxygen atoms in total. The largest absolute Gasteiger partial charge is 0.508 e. The van der Waals surface area contributed by atoms with Crippen molar-refractivity contribution in [1.82, 2.24) is 15.6 Å². The van der Waals surface area contributed by atoms with E-state index in [1.165, 1.54) is 24.3 Å². The highest BCUT2D eigenvalue weighted by atomic mass is 16.3. The highest BCUT2D eigenvalue weighted by Crippen LogP contribution is 2.24. The first-order chi connectivity index (χ1) is 15.1. The van der Waals surface area contributed by atoms with E-state index in [1.807, 2.05) is 54.6 Å². The number of para-hydroxylation sites is 1. The van der Waals surface area contributed by atoms with Crippen LogP contribution in [-0.2, 0) is 0 Å². The molecule has 0 aliphatic rings. The number of phenols is 1. The summed E-state index contributed by atoms with van der Waals surface area (Å²) in [6.45, 7) is 0.556. The highest BCUT2D eigenvalue weighted by molar-refractivity contribution is 6.07. The number of rotatable bonds is 6.